The zero-order valence-electron chi connectivity index (χ0n) is 11.1. The molecule has 0 aliphatic rings. The molecule has 0 fully saturated rings. The number of hydrogen-bond acceptors (Lipinski definition) is 5. The van der Waals surface area contributed by atoms with Crippen LogP contribution in [0, 0.1) is 0 Å². The zero-order valence-corrected chi connectivity index (χ0v) is 13.5. The van der Waals surface area contributed by atoms with E-state index in [9.17, 15) is 9.59 Å². The number of rotatable bonds is 5. The Balaban J connectivity index is 2.23. The molecule has 0 unspecified atom stereocenters. The van der Waals surface area contributed by atoms with Gasteiger partial charge in [-0.05, 0) is 39.5 Å². The summed E-state index contributed by atoms with van der Waals surface area (Å²) in [6.45, 7) is 0. The lowest BCUT2D eigenvalue weighted by atomic mass is 10.1. The maximum absolute atomic E-state index is 12.0. The highest BCUT2D eigenvalue weighted by Gasteiger charge is 2.14. The number of ether oxygens (including phenoxy) is 2. The van der Waals surface area contributed by atoms with Crippen molar-refractivity contribution < 1.29 is 19.1 Å². The van der Waals surface area contributed by atoms with Crippen LogP contribution in [0.3, 0.4) is 0 Å². The highest BCUT2D eigenvalue weighted by Crippen LogP contribution is 2.35. The van der Waals surface area contributed by atoms with Gasteiger partial charge in [-0.1, -0.05) is 0 Å². The SMILES string of the molecule is COC(=O)CCC(=O)c1cc2cc(OC)c(Br)cc2s1. The monoisotopic (exact) mass is 356 g/mol. The first-order chi connectivity index (χ1) is 9.55. The average molecular weight is 357 g/mol. The molecular weight excluding hydrogens is 344 g/mol. The number of ketones is 1. The molecule has 4 nitrogen and oxygen atoms in total. The van der Waals surface area contributed by atoms with E-state index in [0.717, 1.165) is 20.3 Å². The zero-order chi connectivity index (χ0) is 14.7. The van der Waals surface area contributed by atoms with Crippen LogP contribution in [0.15, 0.2) is 22.7 Å². The maximum atomic E-state index is 12.0. The lowest BCUT2D eigenvalue weighted by molar-refractivity contribution is -0.140. The van der Waals surface area contributed by atoms with E-state index in [0.29, 0.717) is 4.88 Å². The smallest absolute Gasteiger partial charge is 0.305 e. The van der Waals surface area contributed by atoms with Gasteiger partial charge in [0.15, 0.2) is 5.78 Å². The summed E-state index contributed by atoms with van der Waals surface area (Å²) in [5.41, 5.74) is 0. The van der Waals surface area contributed by atoms with Crippen LogP contribution in [0.2, 0.25) is 0 Å². The van der Waals surface area contributed by atoms with Gasteiger partial charge in [-0.3, -0.25) is 9.59 Å². The molecular formula is C14H13BrO4S. The summed E-state index contributed by atoms with van der Waals surface area (Å²) in [6.07, 6.45) is 0.272. The van der Waals surface area contributed by atoms with Gasteiger partial charge in [0.05, 0.1) is 30.0 Å². The molecule has 0 radical (unpaired) electrons. The number of halogens is 1. The van der Waals surface area contributed by atoms with Gasteiger partial charge in [0, 0.05) is 11.1 Å². The van der Waals surface area contributed by atoms with Crippen LogP contribution in [0.5, 0.6) is 5.75 Å². The molecule has 1 aromatic heterocycles. The van der Waals surface area contributed by atoms with Crippen molar-refractivity contribution in [3.05, 3.63) is 27.5 Å². The number of Topliss-reactive ketones (excluding diaryl/α,β-unsaturated/α-hetero) is 1. The summed E-state index contributed by atoms with van der Waals surface area (Å²) in [4.78, 5) is 23.7. The Kier molecular flexibility index (Phi) is 4.77. The molecule has 2 rings (SSSR count). The molecule has 1 heterocycles. The highest BCUT2D eigenvalue weighted by molar-refractivity contribution is 9.10. The summed E-state index contributed by atoms with van der Waals surface area (Å²) < 4.78 is 11.6. The second-order valence-electron chi connectivity index (χ2n) is 4.13. The summed E-state index contributed by atoms with van der Waals surface area (Å²) in [7, 11) is 2.91. The minimum absolute atomic E-state index is 0.0494. The molecule has 0 saturated heterocycles. The second-order valence-corrected chi connectivity index (χ2v) is 6.07. The van der Waals surface area contributed by atoms with E-state index in [2.05, 4.69) is 20.7 Å². The summed E-state index contributed by atoms with van der Waals surface area (Å²) >= 11 is 4.83. The van der Waals surface area contributed by atoms with Gasteiger partial charge in [0.25, 0.3) is 0 Å². The molecule has 20 heavy (non-hydrogen) atoms. The number of thiophene rings is 1. The van der Waals surface area contributed by atoms with Gasteiger partial charge in [-0.15, -0.1) is 11.3 Å². The standard InChI is InChI=1S/C14H13BrO4S/c1-18-11-5-8-6-13(20-12(8)7-9(11)15)10(16)3-4-14(17)19-2/h5-7H,3-4H2,1-2H3. The van der Waals surface area contributed by atoms with Crippen molar-refractivity contribution in [2.75, 3.05) is 14.2 Å². The van der Waals surface area contributed by atoms with Crippen LogP contribution < -0.4 is 4.74 Å². The molecule has 106 valence electrons. The predicted molar refractivity (Wildman–Crippen MR) is 81.7 cm³/mol. The summed E-state index contributed by atoms with van der Waals surface area (Å²) in [5.74, 6) is 0.305. The first-order valence-corrected chi connectivity index (χ1v) is 7.53. The lowest BCUT2D eigenvalue weighted by Crippen LogP contribution is -2.04. The minimum atomic E-state index is -0.371. The van der Waals surface area contributed by atoms with E-state index in [4.69, 9.17) is 4.74 Å². The summed E-state index contributed by atoms with van der Waals surface area (Å²) in [5, 5.41) is 0.955. The van der Waals surface area contributed by atoms with Crippen molar-refractivity contribution in [2.24, 2.45) is 0 Å². The molecule has 6 heteroatoms. The fourth-order valence-corrected chi connectivity index (χ4v) is 3.48. The molecule has 0 aliphatic carbocycles. The molecule has 0 bridgehead atoms. The Morgan fingerprint density at radius 1 is 1.20 bits per heavy atom. The van der Waals surface area contributed by atoms with Crippen LogP contribution in [0.1, 0.15) is 22.5 Å². The average Bonchev–Trinajstić information content (AvgIpc) is 2.85. The number of carbonyl (C=O) groups excluding carboxylic acids is 2. The number of benzene rings is 1. The summed E-state index contributed by atoms with van der Waals surface area (Å²) in [6, 6.07) is 5.64. The maximum Gasteiger partial charge on any atom is 0.305 e. The Bertz CT molecular complexity index is 662. The van der Waals surface area contributed by atoms with Crippen molar-refractivity contribution >= 4 is 49.1 Å². The number of esters is 1. The molecule has 0 spiro atoms. The predicted octanol–water partition coefficient (Wildman–Crippen LogP) is 3.81. The molecule has 2 aromatic rings. The van der Waals surface area contributed by atoms with Crippen LogP contribution in [-0.2, 0) is 9.53 Å². The quantitative estimate of drug-likeness (QED) is 0.603. The van der Waals surface area contributed by atoms with Gasteiger partial charge in [0.1, 0.15) is 5.75 Å². The van der Waals surface area contributed by atoms with E-state index in [1.807, 2.05) is 18.2 Å². The van der Waals surface area contributed by atoms with E-state index in [1.54, 1.807) is 7.11 Å². The van der Waals surface area contributed by atoms with Gasteiger partial charge in [0.2, 0.25) is 0 Å². The lowest BCUT2D eigenvalue weighted by Gasteiger charge is -2.01. The van der Waals surface area contributed by atoms with E-state index >= 15 is 0 Å². The third-order valence-corrected chi connectivity index (χ3v) is 4.61. The van der Waals surface area contributed by atoms with Gasteiger partial charge in [-0.2, -0.15) is 0 Å². The van der Waals surface area contributed by atoms with E-state index < -0.39 is 0 Å². The Morgan fingerprint density at radius 3 is 2.60 bits per heavy atom. The number of methoxy groups -OCH3 is 2. The third kappa shape index (κ3) is 3.19. The molecule has 1 aromatic carbocycles. The van der Waals surface area contributed by atoms with Crippen LogP contribution in [-0.4, -0.2) is 26.0 Å². The Labute approximate surface area is 128 Å². The fraction of sp³-hybridized carbons (Fsp3) is 0.286. The van der Waals surface area contributed by atoms with Crippen molar-refractivity contribution in [3.63, 3.8) is 0 Å². The fourth-order valence-electron chi connectivity index (χ4n) is 1.78. The van der Waals surface area contributed by atoms with Crippen molar-refractivity contribution in [1.29, 1.82) is 0 Å². The first-order valence-electron chi connectivity index (χ1n) is 5.92. The van der Waals surface area contributed by atoms with Crippen molar-refractivity contribution in [2.45, 2.75) is 12.8 Å². The van der Waals surface area contributed by atoms with Crippen LogP contribution >= 0.6 is 27.3 Å². The van der Waals surface area contributed by atoms with E-state index in [-0.39, 0.29) is 24.6 Å². The number of hydrogen-bond donors (Lipinski definition) is 0. The largest absolute Gasteiger partial charge is 0.496 e. The molecule has 0 N–H and O–H groups in total. The molecule has 0 aliphatic heterocycles. The van der Waals surface area contributed by atoms with Crippen molar-refractivity contribution in [1.82, 2.24) is 0 Å². The number of fused-ring (bicyclic) bond motifs is 1. The number of carbonyl (C=O) groups is 2. The Hall–Kier alpha value is -1.40. The molecule has 0 atom stereocenters. The minimum Gasteiger partial charge on any atom is -0.496 e. The molecule has 0 saturated carbocycles. The van der Waals surface area contributed by atoms with Crippen LogP contribution in [0.4, 0.5) is 0 Å². The van der Waals surface area contributed by atoms with E-state index in [1.165, 1.54) is 18.4 Å². The first kappa shape index (κ1) is 15.0. The normalized spacial score (nSPS) is 10.6. The molecule has 0 amide bonds. The van der Waals surface area contributed by atoms with Crippen molar-refractivity contribution in [3.8, 4) is 5.75 Å². The van der Waals surface area contributed by atoms with Gasteiger partial charge >= 0.3 is 5.97 Å². The topological polar surface area (TPSA) is 52.6 Å². The van der Waals surface area contributed by atoms with Crippen LogP contribution in [0.25, 0.3) is 10.1 Å². The second kappa shape index (κ2) is 6.37. The highest BCUT2D eigenvalue weighted by atomic mass is 79.9. The van der Waals surface area contributed by atoms with Gasteiger partial charge in [-0.25, -0.2) is 0 Å². The van der Waals surface area contributed by atoms with Gasteiger partial charge < -0.3 is 9.47 Å². The Morgan fingerprint density at radius 2 is 1.95 bits per heavy atom. The third-order valence-electron chi connectivity index (χ3n) is 2.85.